The monoisotopic (exact) mass is 281 g/mol. The second-order valence-corrected chi connectivity index (χ2v) is 5.02. The third-order valence-electron chi connectivity index (χ3n) is 3.26. The van der Waals surface area contributed by atoms with Crippen LogP contribution in [0.5, 0.6) is 0 Å². The minimum absolute atomic E-state index is 0.129. The van der Waals surface area contributed by atoms with Crippen LogP contribution in [-0.2, 0) is 0 Å². The first kappa shape index (κ1) is 14.0. The van der Waals surface area contributed by atoms with Gasteiger partial charge < -0.3 is 5.73 Å². The molecule has 0 fully saturated rings. The third kappa shape index (κ3) is 2.77. The van der Waals surface area contributed by atoms with E-state index in [4.69, 9.17) is 17.3 Å². The Morgan fingerprint density at radius 1 is 1.00 bits per heavy atom. The van der Waals surface area contributed by atoms with Crippen LogP contribution in [0, 0.1) is 25.5 Å². The summed E-state index contributed by atoms with van der Waals surface area (Å²) in [6, 6.07) is 7.16. The van der Waals surface area contributed by atoms with Crippen LogP contribution in [0.2, 0.25) is 5.02 Å². The molecule has 0 bridgehead atoms. The highest BCUT2D eigenvalue weighted by Crippen LogP contribution is 2.29. The van der Waals surface area contributed by atoms with Gasteiger partial charge in [-0.25, -0.2) is 8.78 Å². The normalized spacial score (nSPS) is 12.5. The maximum Gasteiger partial charge on any atom is 0.160 e. The molecular formula is C15H14ClF2N. The average molecular weight is 282 g/mol. The van der Waals surface area contributed by atoms with Crippen molar-refractivity contribution in [1.82, 2.24) is 0 Å². The lowest BCUT2D eigenvalue weighted by molar-refractivity contribution is 0.506. The fourth-order valence-corrected chi connectivity index (χ4v) is 2.18. The van der Waals surface area contributed by atoms with Crippen LogP contribution in [0.25, 0.3) is 0 Å². The van der Waals surface area contributed by atoms with E-state index in [9.17, 15) is 8.78 Å². The first-order valence-corrected chi connectivity index (χ1v) is 6.25. The molecule has 1 unspecified atom stereocenters. The van der Waals surface area contributed by atoms with E-state index < -0.39 is 17.7 Å². The topological polar surface area (TPSA) is 26.0 Å². The van der Waals surface area contributed by atoms with Crippen molar-refractivity contribution in [1.29, 1.82) is 0 Å². The van der Waals surface area contributed by atoms with Crippen LogP contribution in [-0.4, -0.2) is 0 Å². The quantitative estimate of drug-likeness (QED) is 0.817. The molecule has 100 valence electrons. The van der Waals surface area contributed by atoms with Gasteiger partial charge in [0.05, 0.1) is 6.04 Å². The van der Waals surface area contributed by atoms with Gasteiger partial charge in [-0.15, -0.1) is 0 Å². The van der Waals surface area contributed by atoms with E-state index in [0.717, 1.165) is 28.8 Å². The van der Waals surface area contributed by atoms with E-state index in [2.05, 4.69) is 0 Å². The molecule has 0 radical (unpaired) electrons. The van der Waals surface area contributed by atoms with Crippen LogP contribution in [0.3, 0.4) is 0 Å². The second-order valence-electron chi connectivity index (χ2n) is 4.61. The van der Waals surface area contributed by atoms with Crippen molar-refractivity contribution in [3.63, 3.8) is 0 Å². The number of nitrogens with two attached hydrogens (primary N) is 1. The van der Waals surface area contributed by atoms with Gasteiger partial charge in [-0.1, -0.05) is 29.8 Å². The zero-order valence-corrected chi connectivity index (χ0v) is 11.4. The molecular weight excluding hydrogens is 268 g/mol. The number of halogens is 3. The maximum absolute atomic E-state index is 13.3. The van der Waals surface area contributed by atoms with Gasteiger partial charge in [-0.2, -0.15) is 0 Å². The molecule has 2 aromatic carbocycles. The van der Waals surface area contributed by atoms with Crippen LogP contribution in [0.1, 0.15) is 28.3 Å². The zero-order chi connectivity index (χ0) is 14.2. The summed E-state index contributed by atoms with van der Waals surface area (Å²) in [7, 11) is 0. The van der Waals surface area contributed by atoms with Crippen LogP contribution in [0.4, 0.5) is 8.78 Å². The van der Waals surface area contributed by atoms with Crippen molar-refractivity contribution in [3.05, 3.63) is 69.2 Å². The van der Waals surface area contributed by atoms with Gasteiger partial charge in [0, 0.05) is 5.02 Å². The lowest BCUT2D eigenvalue weighted by atomic mass is 9.96. The molecule has 1 nitrogen and oxygen atoms in total. The maximum atomic E-state index is 13.3. The molecule has 0 spiro atoms. The molecule has 0 aliphatic heterocycles. The van der Waals surface area contributed by atoms with Gasteiger partial charge in [-0.3, -0.25) is 0 Å². The van der Waals surface area contributed by atoms with E-state index in [0.29, 0.717) is 5.56 Å². The highest BCUT2D eigenvalue weighted by atomic mass is 35.5. The molecule has 4 heteroatoms. The highest BCUT2D eigenvalue weighted by Gasteiger charge is 2.16. The standard InChI is InChI=1S/C15H14ClF2N/c1-8-3-4-10(5-9(8)2)15(19)11-6-13(17)14(18)7-12(11)16/h3-7,15H,19H2,1-2H3. The molecule has 0 saturated heterocycles. The molecule has 0 amide bonds. The van der Waals surface area contributed by atoms with Crippen LogP contribution < -0.4 is 5.73 Å². The summed E-state index contributed by atoms with van der Waals surface area (Å²) in [6.07, 6.45) is 0. The fourth-order valence-electron chi connectivity index (χ4n) is 1.91. The number of hydrogen-bond acceptors (Lipinski definition) is 1. The molecule has 0 aliphatic carbocycles. The number of aryl methyl sites for hydroxylation is 2. The van der Waals surface area contributed by atoms with Gasteiger partial charge in [0.1, 0.15) is 0 Å². The smallest absolute Gasteiger partial charge is 0.160 e. The van der Waals surface area contributed by atoms with E-state index >= 15 is 0 Å². The van der Waals surface area contributed by atoms with Crippen molar-refractivity contribution in [2.24, 2.45) is 5.73 Å². The summed E-state index contributed by atoms with van der Waals surface area (Å²) in [6.45, 7) is 3.97. The minimum atomic E-state index is -0.971. The Balaban J connectivity index is 2.46. The second kappa shape index (κ2) is 5.27. The lowest BCUT2D eigenvalue weighted by Gasteiger charge is -2.16. The Hall–Kier alpha value is -1.45. The first-order valence-electron chi connectivity index (χ1n) is 5.87. The lowest BCUT2D eigenvalue weighted by Crippen LogP contribution is -2.13. The summed E-state index contributed by atoms with van der Waals surface area (Å²) >= 11 is 5.93. The van der Waals surface area contributed by atoms with Crippen molar-refractivity contribution < 1.29 is 8.78 Å². The molecule has 0 aliphatic rings. The number of hydrogen-bond donors (Lipinski definition) is 1. The summed E-state index contributed by atoms with van der Waals surface area (Å²) in [5.74, 6) is -1.92. The molecule has 0 aromatic heterocycles. The predicted molar refractivity (Wildman–Crippen MR) is 73.3 cm³/mol. The molecule has 1 atom stereocenters. The van der Waals surface area contributed by atoms with E-state index in [-0.39, 0.29) is 5.02 Å². The highest BCUT2D eigenvalue weighted by molar-refractivity contribution is 6.31. The molecule has 2 rings (SSSR count). The molecule has 0 saturated carbocycles. The number of rotatable bonds is 2. The van der Waals surface area contributed by atoms with Gasteiger partial charge in [0.2, 0.25) is 0 Å². The van der Waals surface area contributed by atoms with E-state index in [1.807, 2.05) is 32.0 Å². The van der Waals surface area contributed by atoms with Crippen molar-refractivity contribution in [3.8, 4) is 0 Å². The summed E-state index contributed by atoms with van der Waals surface area (Å²) in [5, 5.41) is 0.129. The van der Waals surface area contributed by atoms with Gasteiger partial charge in [-0.05, 0) is 48.2 Å². The fraction of sp³-hybridized carbons (Fsp3) is 0.200. The molecule has 0 heterocycles. The zero-order valence-electron chi connectivity index (χ0n) is 10.7. The van der Waals surface area contributed by atoms with E-state index in [1.165, 1.54) is 0 Å². The summed E-state index contributed by atoms with van der Waals surface area (Å²) in [4.78, 5) is 0. The van der Waals surface area contributed by atoms with Crippen molar-refractivity contribution >= 4 is 11.6 Å². The van der Waals surface area contributed by atoms with Gasteiger partial charge in [0.25, 0.3) is 0 Å². The van der Waals surface area contributed by atoms with Crippen molar-refractivity contribution in [2.75, 3.05) is 0 Å². The Morgan fingerprint density at radius 3 is 2.26 bits per heavy atom. The Morgan fingerprint density at radius 2 is 1.63 bits per heavy atom. The Bertz CT molecular complexity index is 626. The molecule has 2 aromatic rings. The van der Waals surface area contributed by atoms with Crippen LogP contribution in [0.15, 0.2) is 30.3 Å². The number of benzene rings is 2. The first-order chi connectivity index (χ1) is 8.90. The summed E-state index contributed by atoms with van der Waals surface area (Å²) < 4.78 is 26.3. The van der Waals surface area contributed by atoms with Crippen molar-refractivity contribution in [2.45, 2.75) is 19.9 Å². The third-order valence-corrected chi connectivity index (χ3v) is 3.59. The van der Waals surface area contributed by atoms with Gasteiger partial charge in [0.15, 0.2) is 11.6 Å². The average Bonchev–Trinajstić information content (AvgIpc) is 2.36. The van der Waals surface area contributed by atoms with Crippen LogP contribution >= 0.6 is 11.6 Å². The predicted octanol–water partition coefficient (Wildman–Crippen LogP) is 4.28. The SMILES string of the molecule is Cc1ccc(C(N)c2cc(F)c(F)cc2Cl)cc1C. The molecule has 19 heavy (non-hydrogen) atoms. The van der Waals surface area contributed by atoms with Gasteiger partial charge >= 0.3 is 0 Å². The largest absolute Gasteiger partial charge is 0.320 e. The van der Waals surface area contributed by atoms with E-state index in [1.54, 1.807) is 0 Å². The summed E-state index contributed by atoms with van der Waals surface area (Å²) in [5.41, 5.74) is 9.51. The molecule has 2 N–H and O–H groups in total. The Labute approximate surface area is 116 Å². The minimum Gasteiger partial charge on any atom is -0.320 e. The Kier molecular flexibility index (Phi) is 3.88.